The fraction of sp³-hybridized carbons (Fsp3) is 0.100. The molecule has 23 heavy (non-hydrogen) atoms. The summed E-state index contributed by atoms with van der Waals surface area (Å²) >= 11 is 0. The second-order valence-corrected chi connectivity index (χ2v) is 5.42. The predicted molar refractivity (Wildman–Crippen MR) is 92.0 cm³/mol. The van der Waals surface area contributed by atoms with Crippen LogP contribution < -0.4 is 5.32 Å². The van der Waals surface area contributed by atoms with E-state index < -0.39 is 0 Å². The fourth-order valence-electron chi connectivity index (χ4n) is 2.46. The van der Waals surface area contributed by atoms with Gasteiger partial charge in [-0.2, -0.15) is 0 Å². The molecule has 0 bridgehead atoms. The van der Waals surface area contributed by atoms with Crippen LogP contribution in [0.25, 0.3) is 11.1 Å². The van der Waals surface area contributed by atoms with Gasteiger partial charge in [0.25, 0.3) is 5.91 Å². The van der Waals surface area contributed by atoms with Crippen LogP contribution in [0, 0.1) is 0 Å². The van der Waals surface area contributed by atoms with Gasteiger partial charge in [-0.25, -0.2) is 0 Å². The van der Waals surface area contributed by atoms with Crippen molar-refractivity contribution in [2.45, 2.75) is 13.0 Å². The summed E-state index contributed by atoms with van der Waals surface area (Å²) in [6, 6.07) is 22.0. The zero-order valence-electron chi connectivity index (χ0n) is 12.9. The normalized spacial score (nSPS) is 11.7. The summed E-state index contributed by atoms with van der Waals surface area (Å²) in [7, 11) is 0. The van der Waals surface area contributed by atoms with Gasteiger partial charge >= 0.3 is 0 Å². The predicted octanol–water partition coefficient (Wildman–Crippen LogP) is 4.24. The molecule has 3 aromatic rings. The molecule has 3 rings (SSSR count). The average molecular weight is 302 g/mol. The van der Waals surface area contributed by atoms with Crippen molar-refractivity contribution in [3.63, 3.8) is 0 Å². The van der Waals surface area contributed by atoms with Gasteiger partial charge in [0.1, 0.15) is 0 Å². The van der Waals surface area contributed by atoms with Crippen LogP contribution in [0.2, 0.25) is 0 Å². The highest BCUT2D eigenvalue weighted by Gasteiger charge is 2.11. The summed E-state index contributed by atoms with van der Waals surface area (Å²) in [5, 5.41) is 2.99. The lowest BCUT2D eigenvalue weighted by atomic mass is 10.0. The van der Waals surface area contributed by atoms with Crippen molar-refractivity contribution in [3.05, 3.63) is 90.3 Å². The standard InChI is InChI=1S/C20H18N2O/c1-15(22-20(23)19-8-5-13-21-14-19)16-9-11-18(12-10-16)17-6-3-2-4-7-17/h2-15H,1H3,(H,22,23). The maximum absolute atomic E-state index is 12.2. The highest BCUT2D eigenvalue weighted by atomic mass is 16.1. The summed E-state index contributed by atoms with van der Waals surface area (Å²) in [6.07, 6.45) is 3.23. The Hall–Kier alpha value is -2.94. The van der Waals surface area contributed by atoms with Crippen LogP contribution in [0.15, 0.2) is 79.1 Å². The Morgan fingerprint density at radius 2 is 1.61 bits per heavy atom. The van der Waals surface area contributed by atoms with Gasteiger partial charge < -0.3 is 5.32 Å². The lowest BCUT2D eigenvalue weighted by molar-refractivity contribution is 0.0939. The monoisotopic (exact) mass is 302 g/mol. The molecule has 0 aliphatic carbocycles. The van der Waals surface area contributed by atoms with E-state index in [1.54, 1.807) is 24.5 Å². The van der Waals surface area contributed by atoms with Gasteiger partial charge in [0.05, 0.1) is 11.6 Å². The highest BCUT2D eigenvalue weighted by Crippen LogP contribution is 2.21. The Morgan fingerprint density at radius 3 is 2.26 bits per heavy atom. The lowest BCUT2D eigenvalue weighted by Crippen LogP contribution is -2.26. The molecule has 3 nitrogen and oxygen atoms in total. The molecule has 1 amide bonds. The van der Waals surface area contributed by atoms with Crippen molar-refractivity contribution in [3.8, 4) is 11.1 Å². The molecule has 3 heteroatoms. The van der Waals surface area contributed by atoms with Gasteiger partial charge in [0, 0.05) is 12.4 Å². The van der Waals surface area contributed by atoms with Gasteiger partial charge in [0.15, 0.2) is 0 Å². The summed E-state index contributed by atoms with van der Waals surface area (Å²) in [5.41, 5.74) is 3.99. The van der Waals surface area contributed by atoms with Crippen LogP contribution in [-0.2, 0) is 0 Å². The summed E-state index contributed by atoms with van der Waals surface area (Å²) < 4.78 is 0. The number of rotatable bonds is 4. The minimum atomic E-state index is -0.113. The molecule has 0 saturated carbocycles. The number of carbonyl (C=O) groups is 1. The third-order valence-electron chi connectivity index (χ3n) is 3.79. The number of nitrogens with zero attached hydrogens (tertiary/aromatic N) is 1. The molecule has 0 fully saturated rings. The first kappa shape index (κ1) is 15.0. The second-order valence-electron chi connectivity index (χ2n) is 5.42. The summed E-state index contributed by atoms with van der Waals surface area (Å²) in [5.74, 6) is -0.113. The highest BCUT2D eigenvalue weighted by molar-refractivity contribution is 5.94. The van der Waals surface area contributed by atoms with E-state index in [-0.39, 0.29) is 11.9 Å². The first-order valence-corrected chi connectivity index (χ1v) is 7.60. The van der Waals surface area contributed by atoms with E-state index in [9.17, 15) is 4.79 Å². The molecule has 1 aromatic heterocycles. The molecule has 0 radical (unpaired) electrons. The van der Waals surface area contributed by atoms with Crippen molar-refractivity contribution in [2.75, 3.05) is 0 Å². The summed E-state index contributed by atoms with van der Waals surface area (Å²) in [4.78, 5) is 16.1. The minimum absolute atomic E-state index is 0.0625. The van der Waals surface area contributed by atoms with Crippen molar-refractivity contribution in [1.82, 2.24) is 10.3 Å². The van der Waals surface area contributed by atoms with Gasteiger partial charge in [-0.15, -0.1) is 0 Å². The third-order valence-corrected chi connectivity index (χ3v) is 3.79. The van der Waals surface area contributed by atoms with E-state index in [0.717, 1.165) is 5.56 Å². The third kappa shape index (κ3) is 3.64. The van der Waals surface area contributed by atoms with Gasteiger partial charge in [-0.3, -0.25) is 9.78 Å². The lowest BCUT2D eigenvalue weighted by Gasteiger charge is -2.15. The largest absolute Gasteiger partial charge is 0.345 e. The molecule has 0 aliphatic rings. The molecular formula is C20H18N2O. The first-order valence-electron chi connectivity index (χ1n) is 7.60. The number of hydrogen-bond donors (Lipinski definition) is 1. The second kappa shape index (κ2) is 6.88. The molecule has 1 N–H and O–H groups in total. The first-order chi connectivity index (χ1) is 11.2. The molecule has 2 aromatic carbocycles. The van der Waals surface area contributed by atoms with Crippen molar-refractivity contribution >= 4 is 5.91 Å². The number of pyridine rings is 1. The SMILES string of the molecule is CC(NC(=O)c1cccnc1)c1ccc(-c2ccccc2)cc1. The van der Waals surface area contributed by atoms with Crippen LogP contribution >= 0.6 is 0 Å². The maximum atomic E-state index is 12.2. The van der Waals surface area contributed by atoms with E-state index in [2.05, 4.69) is 46.7 Å². The van der Waals surface area contributed by atoms with Crippen molar-refractivity contribution in [1.29, 1.82) is 0 Å². The number of nitrogens with one attached hydrogen (secondary N) is 1. The van der Waals surface area contributed by atoms with Crippen LogP contribution in [0.1, 0.15) is 28.9 Å². The molecule has 0 saturated heterocycles. The molecule has 0 aliphatic heterocycles. The minimum Gasteiger partial charge on any atom is -0.345 e. The zero-order chi connectivity index (χ0) is 16.1. The number of benzene rings is 2. The van der Waals surface area contributed by atoms with Crippen molar-refractivity contribution in [2.24, 2.45) is 0 Å². The molecule has 1 unspecified atom stereocenters. The Morgan fingerprint density at radius 1 is 0.913 bits per heavy atom. The van der Waals surface area contributed by atoms with Gasteiger partial charge in [-0.05, 0) is 35.7 Å². The smallest absolute Gasteiger partial charge is 0.253 e. The fourth-order valence-corrected chi connectivity index (χ4v) is 2.46. The van der Waals surface area contributed by atoms with E-state index in [1.165, 1.54) is 11.1 Å². The molecule has 114 valence electrons. The van der Waals surface area contributed by atoms with E-state index >= 15 is 0 Å². The molecular weight excluding hydrogens is 284 g/mol. The van der Waals surface area contributed by atoms with Gasteiger partial charge in [0.2, 0.25) is 0 Å². The summed E-state index contributed by atoms with van der Waals surface area (Å²) in [6.45, 7) is 1.98. The Kier molecular flexibility index (Phi) is 4.48. The van der Waals surface area contributed by atoms with E-state index in [1.807, 2.05) is 25.1 Å². The van der Waals surface area contributed by atoms with Crippen LogP contribution in [0.4, 0.5) is 0 Å². The Bertz CT molecular complexity index is 768. The van der Waals surface area contributed by atoms with Crippen LogP contribution in [0.5, 0.6) is 0 Å². The maximum Gasteiger partial charge on any atom is 0.253 e. The Balaban J connectivity index is 1.71. The number of aromatic nitrogens is 1. The molecule has 0 spiro atoms. The Labute approximate surface area is 136 Å². The van der Waals surface area contributed by atoms with E-state index in [0.29, 0.717) is 5.56 Å². The quantitative estimate of drug-likeness (QED) is 0.783. The molecule has 1 atom stereocenters. The number of hydrogen-bond acceptors (Lipinski definition) is 2. The zero-order valence-corrected chi connectivity index (χ0v) is 12.9. The van der Waals surface area contributed by atoms with Crippen LogP contribution in [-0.4, -0.2) is 10.9 Å². The van der Waals surface area contributed by atoms with Gasteiger partial charge in [-0.1, -0.05) is 54.6 Å². The van der Waals surface area contributed by atoms with Crippen molar-refractivity contribution < 1.29 is 4.79 Å². The number of amides is 1. The number of carbonyl (C=O) groups excluding carboxylic acids is 1. The average Bonchev–Trinajstić information content (AvgIpc) is 2.63. The molecule has 1 heterocycles. The topological polar surface area (TPSA) is 42.0 Å². The van der Waals surface area contributed by atoms with E-state index in [4.69, 9.17) is 0 Å². The van der Waals surface area contributed by atoms with Crippen LogP contribution in [0.3, 0.4) is 0 Å².